The number of nitrogens with zero attached hydrogens (tertiary/aromatic N) is 2. The second-order valence-electron chi connectivity index (χ2n) is 6.39. The Hall–Kier alpha value is -2.86. The molecule has 1 atom stereocenters. The number of rotatable bonds is 8. The van der Waals surface area contributed by atoms with E-state index in [0.717, 1.165) is 22.6 Å². The number of oxime groups is 1. The fraction of sp³-hybridized carbons (Fsp3) is 0.333. The van der Waals surface area contributed by atoms with E-state index in [1.165, 1.54) is 7.11 Å². The van der Waals surface area contributed by atoms with Gasteiger partial charge in [0.1, 0.15) is 12.4 Å². The van der Waals surface area contributed by atoms with Crippen LogP contribution in [0.25, 0.3) is 0 Å². The smallest absolute Gasteiger partial charge is 0.248 e. The van der Waals surface area contributed by atoms with Gasteiger partial charge in [-0.3, -0.25) is 4.79 Å². The van der Waals surface area contributed by atoms with E-state index in [9.17, 15) is 4.79 Å². The highest BCUT2D eigenvalue weighted by atomic mass is 16.6. The Morgan fingerprint density at radius 3 is 2.74 bits per heavy atom. The second kappa shape index (κ2) is 9.19. The molecule has 0 aliphatic carbocycles. The number of ether oxygens (including phenoxy) is 2. The molecule has 6 nitrogen and oxygen atoms in total. The van der Waals surface area contributed by atoms with Crippen LogP contribution in [0, 0.1) is 0 Å². The lowest BCUT2D eigenvalue weighted by molar-refractivity contribution is -0.137. The lowest BCUT2D eigenvalue weighted by Gasteiger charge is -2.25. The van der Waals surface area contributed by atoms with Gasteiger partial charge in [0.2, 0.25) is 5.91 Å². The van der Waals surface area contributed by atoms with Crippen molar-refractivity contribution >= 4 is 11.6 Å². The summed E-state index contributed by atoms with van der Waals surface area (Å²) in [5.74, 6) is 0.676. The zero-order valence-corrected chi connectivity index (χ0v) is 15.6. The minimum atomic E-state index is -0.174. The Bertz CT molecular complexity index is 792. The van der Waals surface area contributed by atoms with Crippen molar-refractivity contribution in [3.63, 3.8) is 0 Å². The van der Waals surface area contributed by atoms with Crippen LogP contribution in [0.2, 0.25) is 0 Å². The molecule has 1 aliphatic heterocycles. The summed E-state index contributed by atoms with van der Waals surface area (Å²) in [6, 6.07) is 17.6. The fourth-order valence-corrected chi connectivity index (χ4v) is 3.03. The Morgan fingerprint density at radius 2 is 2.00 bits per heavy atom. The Balaban J connectivity index is 1.66. The van der Waals surface area contributed by atoms with Gasteiger partial charge in [0.15, 0.2) is 6.10 Å². The lowest BCUT2D eigenvalue weighted by Crippen LogP contribution is -2.39. The monoisotopic (exact) mass is 368 g/mol. The van der Waals surface area contributed by atoms with E-state index >= 15 is 0 Å². The molecular weight excluding hydrogens is 344 g/mol. The molecule has 0 radical (unpaired) electrons. The molecule has 0 bridgehead atoms. The van der Waals surface area contributed by atoms with Gasteiger partial charge in [-0.15, -0.1) is 0 Å². The maximum atomic E-state index is 12.5. The van der Waals surface area contributed by atoms with E-state index in [0.29, 0.717) is 19.5 Å². The highest BCUT2D eigenvalue weighted by Crippen LogP contribution is 2.20. The summed E-state index contributed by atoms with van der Waals surface area (Å²) in [5.41, 5.74) is 2.93. The highest BCUT2D eigenvalue weighted by Gasteiger charge is 2.26. The van der Waals surface area contributed by atoms with Crippen LogP contribution < -0.4 is 4.74 Å². The molecule has 0 saturated carbocycles. The van der Waals surface area contributed by atoms with Gasteiger partial charge >= 0.3 is 0 Å². The molecule has 0 aromatic heterocycles. The van der Waals surface area contributed by atoms with E-state index < -0.39 is 0 Å². The zero-order chi connectivity index (χ0) is 19.1. The molecule has 3 rings (SSSR count). The van der Waals surface area contributed by atoms with Crippen LogP contribution >= 0.6 is 0 Å². The van der Waals surface area contributed by atoms with Crippen LogP contribution in [0.3, 0.4) is 0 Å². The number of hydrogen-bond acceptors (Lipinski definition) is 5. The maximum absolute atomic E-state index is 12.5. The molecule has 6 heteroatoms. The quantitative estimate of drug-likeness (QED) is 0.719. The molecule has 142 valence electrons. The third-order valence-corrected chi connectivity index (χ3v) is 4.39. The van der Waals surface area contributed by atoms with Crippen molar-refractivity contribution in [2.75, 3.05) is 27.4 Å². The average molecular weight is 368 g/mol. The van der Waals surface area contributed by atoms with E-state index in [4.69, 9.17) is 14.3 Å². The minimum Gasteiger partial charge on any atom is -0.497 e. The van der Waals surface area contributed by atoms with Gasteiger partial charge in [-0.05, 0) is 23.3 Å². The van der Waals surface area contributed by atoms with Crippen LogP contribution in [-0.2, 0) is 20.9 Å². The molecule has 0 saturated heterocycles. The van der Waals surface area contributed by atoms with Gasteiger partial charge in [0.05, 0.1) is 19.4 Å². The number of benzene rings is 2. The first-order valence-electron chi connectivity index (χ1n) is 8.87. The standard InChI is InChI=1S/C21H24N2O4/c1-25-15-21(24)23(13-16-7-6-10-18(11-16)26-2)14-19-12-20(22-27-19)17-8-4-3-5-9-17/h3-11,19H,12-15H2,1-2H3. The lowest BCUT2D eigenvalue weighted by atomic mass is 10.0. The van der Waals surface area contributed by atoms with E-state index in [-0.39, 0.29) is 18.6 Å². The van der Waals surface area contributed by atoms with Crippen molar-refractivity contribution in [3.05, 3.63) is 65.7 Å². The molecule has 2 aromatic carbocycles. The van der Waals surface area contributed by atoms with Gasteiger partial charge in [-0.25, -0.2) is 0 Å². The fourth-order valence-electron chi connectivity index (χ4n) is 3.03. The molecule has 27 heavy (non-hydrogen) atoms. The summed E-state index contributed by atoms with van der Waals surface area (Å²) in [5, 5.41) is 4.21. The van der Waals surface area contributed by atoms with Crippen LogP contribution in [0.5, 0.6) is 5.75 Å². The second-order valence-corrected chi connectivity index (χ2v) is 6.39. The Labute approximate surface area is 159 Å². The predicted octanol–water partition coefficient (Wildman–Crippen LogP) is 2.86. The summed E-state index contributed by atoms with van der Waals surface area (Å²) in [6.45, 7) is 0.933. The van der Waals surface area contributed by atoms with Crippen molar-refractivity contribution in [2.45, 2.75) is 19.1 Å². The molecule has 0 N–H and O–H groups in total. The topological polar surface area (TPSA) is 60.4 Å². The van der Waals surface area contributed by atoms with Gasteiger partial charge in [0, 0.05) is 20.1 Å². The van der Waals surface area contributed by atoms with Gasteiger partial charge in [-0.2, -0.15) is 0 Å². The summed E-state index contributed by atoms with van der Waals surface area (Å²) in [7, 11) is 3.14. The maximum Gasteiger partial charge on any atom is 0.248 e. The normalized spacial score (nSPS) is 15.8. The number of methoxy groups -OCH3 is 2. The largest absolute Gasteiger partial charge is 0.497 e. The van der Waals surface area contributed by atoms with Gasteiger partial charge < -0.3 is 19.2 Å². The Kier molecular flexibility index (Phi) is 6.44. The van der Waals surface area contributed by atoms with E-state index in [2.05, 4.69) is 5.16 Å². The van der Waals surface area contributed by atoms with Crippen molar-refractivity contribution in [1.82, 2.24) is 4.90 Å². The molecule has 1 heterocycles. The summed E-state index contributed by atoms with van der Waals surface area (Å²) in [4.78, 5) is 19.9. The minimum absolute atomic E-state index is 0.0308. The van der Waals surface area contributed by atoms with Gasteiger partial charge in [-0.1, -0.05) is 47.6 Å². The van der Waals surface area contributed by atoms with Crippen LogP contribution in [0.4, 0.5) is 0 Å². The van der Waals surface area contributed by atoms with Gasteiger partial charge in [0.25, 0.3) is 0 Å². The summed E-state index contributed by atoms with van der Waals surface area (Å²) < 4.78 is 10.3. The van der Waals surface area contributed by atoms with Crippen molar-refractivity contribution < 1.29 is 19.1 Å². The summed E-state index contributed by atoms with van der Waals surface area (Å²) >= 11 is 0. The first-order valence-corrected chi connectivity index (χ1v) is 8.87. The number of carbonyl (C=O) groups excluding carboxylic acids is 1. The number of amides is 1. The molecule has 0 fully saturated rings. The predicted molar refractivity (Wildman–Crippen MR) is 103 cm³/mol. The highest BCUT2D eigenvalue weighted by molar-refractivity contribution is 6.01. The average Bonchev–Trinajstić information content (AvgIpc) is 3.17. The van der Waals surface area contributed by atoms with Crippen LogP contribution in [0.15, 0.2) is 59.8 Å². The molecule has 1 amide bonds. The number of carbonyl (C=O) groups is 1. The van der Waals surface area contributed by atoms with Crippen molar-refractivity contribution in [3.8, 4) is 5.75 Å². The van der Waals surface area contributed by atoms with Crippen molar-refractivity contribution in [2.24, 2.45) is 5.16 Å². The SMILES string of the molecule is COCC(=O)N(Cc1cccc(OC)c1)CC1CC(c2ccccc2)=NO1. The van der Waals surface area contributed by atoms with E-state index in [1.807, 2.05) is 54.6 Å². The number of hydrogen-bond donors (Lipinski definition) is 0. The zero-order valence-electron chi connectivity index (χ0n) is 15.6. The van der Waals surface area contributed by atoms with E-state index in [1.54, 1.807) is 12.0 Å². The van der Waals surface area contributed by atoms with Crippen LogP contribution in [0.1, 0.15) is 17.5 Å². The first-order chi connectivity index (χ1) is 13.2. The third-order valence-electron chi connectivity index (χ3n) is 4.39. The Morgan fingerprint density at radius 1 is 1.19 bits per heavy atom. The first kappa shape index (κ1) is 18.9. The molecule has 1 aliphatic rings. The summed E-state index contributed by atoms with van der Waals surface area (Å²) in [6.07, 6.45) is 0.491. The molecule has 1 unspecified atom stereocenters. The van der Waals surface area contributed by atoms with Crippen molar-refractivity contribution in [1.29, 1.82) is 0 Å². The van der Waals surface area contributed by atoms with Crippen LogP contribution in [-0.4, -0.2) is 50.0 Å². The molecular formula is C21H24N2O4. The molecule has 0 spiro atoms. The third kappa shape index (κ3) is 5.08. The molecule has 2 aromatic rings.